The summed E-state index contributed by atoms with van der Waals surface area (Å²) < 4.78 is 39.7. The van der Waals surface area contributed by atoms with E-state index in [1.165, 1.54) is 11.4 Å². The van der Waals surface area contributed by atoms with Gasteiger partial charge in [0.25, 0.3) is 15.9 Å². The highest BCUT2D eigenvalue weighted by Crippen LogP contribution is 2.38. The van der Waals surface area contributed by atoms with E-state index in [0.717, 1.165) is 16.7 Å². The van der Waals surface area contributed by atoms with Crippen LogP contribution in [0.25, 0.3) is 0 Å². The van der Waals surface area contributed by atoms with E-state index >= 15 is 0 Å². The van der Waals surface area contributed by atoms with E-state index in [4.69, 9.17) is 9.47 Å². The van der Waals surface area contributed by atoms with Crippen molar-refractivity contribution in [3.05, 3.63) is 77.4 Å². The molecule has 33 heavy (non-hydrogen) atoms. The molecule has 0 aliphatic carbocycles. The Morgan fingerprint density at radius 2 is 1.61 bits per heavy atom. The number of hydrogen-bond acceptors (Lipinski definition) is 5. The van der Waals surface area contributed by atoms with E-state index in [1.54, 1.807) is 48.5 Å². The molecule has 0 bridgehead atoms. The minimum absolute atomic E-state index is 0.155. The molecule has 1 N–H and O–H groups in total. The van der Waals surface area contributed by atoms with Crippen LogP contribution in [0.15, 0.2) is 65.6 Å². The highest BCUT2D eigenvalue weighted by Gasteiger charge is 2.38. The van der Waals surface area contributed by atoms with Crippen molar-refractivity contribution in [1.82, 2.24) is 0 Å². The third-order valence-corrected chi connectivity index (χ3v) is 7.29. The first-order chi connectivity index (χ1) is 15.7. The van der Waals surface area contributed by atoms with Crippen LogP contribution in [-0.4, -0.2) is 34.1 Å². The summed E-state index contributed by atoms with van der Waals surface area (Å²) in [6.45, 7) is 5.51. The fraction of sp³-hybridized carbons (Fsp3) is 0.240. The molecule has 1 aliphatic heterocycles. The maximum absolute atomic E-state index is 13.6. The van der Waals surface area contributed by atoms with Crippen LogP contribution in [0.1, 0.15) is 16.7 Å². The Morgan fingerprint density at radius 3 is 2.30 bits per heavy atom. The molecule has 8 heteroatoms. The van der Waals surface area contributed by atoms with Crippen molar-refractivity contribution in [2.24, 2.45) is 0 Å². The lowest BCUT2D eigenvalue weighted by Crippen LogP contribution is -2.48. The van der Waals surface area contributed by atoms with Crippen molar-refractivity contribution in [2.75, 3.05) is 23.3 Å². The second-order valence-corrected chi connectivity index (χ2v) is 9.98. The van der Waals surface area contributed by atoms with Gasteiger partial charge in [-0.05, 0) is 68.3 Å². The molecule has 1 aliphatic rings. The normalized spacial score (nSPS) is 15.4. The van der Waals surface area contributed by atoms with E-state index in [9.17, 15) is 13.2 Å². The third kappa shape index (κ3) is 4.52. The zero-order chi connectivity index (χ0) is 23.8. The average Bonchev–Trinajstić information content (AvgIpc) is 2.78. The number of aryl methyl sites for hydroxylation is 3. The molecule has 3 aromatic rings. The Hall–Kier alpha value is -3.52. The zero-order valence-corrected chi connectivity index (χ0v) is 19.8. The van der Waals surface area contributed by atoms with Crippen LogP contribution in [0.2, 0.25) is 0 Å². The molecule has 1 heterocycles. The van der Waals surface area contributed by atoms with Crippen LogP contribution in [-0.2, 0) is 14.8 Å². The number of hydrogen-bond donors (Lipinski definition) is 1. The molecular formula is C25H26N2O5S. The lowest BCUT2D eigenvalue weighted by molar-refractivity contribution is -0.122. The van der Waals surface area contributed by atoms with Crippen LogP contribution in [0.4, 0.5) is 11.4 Å². The van der Waals surface area contributed by atoms with Gasteiger partial charge in [0.15, 0.2) is 6.10 Å². The fourth-order valence-corrected chi connectivity index (χ4v) is 5.16. The van der Waals surface area contributed by atoms with E-state index in [-0.39, 0.29) is 11.4 Å². The molecular weight excluding hydrogens is 440 g/mol. The smallest absolute Gasteiger partial charge is 0.267 e. The summed E-state index contributed by atoms with van der Waals surface area (Å²) in [5.41, 5.74) is 3.69. The van der Waals surface area contributed by atoms with E-state index in [0.29, 0.717) is 22.9 Å². The number of nitrogens with one attached hydrogen (secondary N) is 1. The van der Waals surface area contributed by atoms with Gasteiger partial charge in [0.05, 0.1) is 29.9 Å². The zero-order valence-electron chi connectivity index (χ0n) is 19.0. The second-order valence-electron chi connectivity index (χ2n) is 8.12. The summed E-state index contributed by atoms with van der Waals surface area (Å²) in [6, 6.07) is 17.3. The maximum Gasteiger partial charge on any atom is 0.267 e. The Bertz CT molecular complexity index is 1300. The van der Waals surface area contributed by atoms with E-state index in [2.05, 4.69) is 5.32 Å². The third-order valence-electron chi connectivity index (χ3n) is 5.50. The molecule has 0 saturated heterocycles. The second kappa shape index (κ2) is 8.78. The number of sulfonamides is 1. The number of benzene rings is 3. The molecule has 0 fully saturated rings. The highest BCUT2D eigenvalue weighted by molar-refractivity contribution is 7.92. The predicted octanol–water partition coefficient (Wildman–Crippen LogP) is 4.22. The number of rotatable bonds is 5. The van der Waals surface area contributed by atoms with Gasteiger partial charge in [-0.25, -0.2) is 8.42 Å². The Balaban J connectivity index is 1.70. The molecule has 0 aromatic heterocycles. The molecule has 0 spiro atoms. The molecule has 0 saturated carbocycles. The van der Waals surface area contributed by atoms with Crippen LogP contribution in [0.3, 0.4) is 0 Å². The quantitative estimate of drug-likeness (QED) is 0.609. The fourth-order valence-electron chi connectivity index (χ4n) is 3.70. The molecule has 1 amide bonds. The Labute approximate surface area is 194 Å². The van der Waals surface area contributed by atoms with Gasteiger partial charge < -0.3 is 14.8 Å². The molecule has 0 unspecified atom stereocenters. The van der Waals surface area contributed by atoms with Gasteiger partial charge >= 0.3 is 0 Å². The number of methoxy groups -OCH3 is 1. The van der Waals surface area contributed by atoms with Crippen molar-refractivity contribution in [3.63, 3.8) is 0 Å². The highest BCUT2D eigenvalue weighted by atomic mass is 32.2. The number of nitrogens with zero attached hydrogens (tertiary/aromatic N) is 1. The summed E-state index contributed by atoms with van der Waals surface area (Å²) in [5, 5.41) is 2.82. The van der Waals surface area contributed by atoms with E-state index in [1.807, 2.05) is 32.9 Å². The largest absolute Gasteiger partial charge is 0.495 e. The first-order valence-electron chi connectivity index (χ1n) is 10.5. The topological polar surface area (TPSA) is 84.9 Å². The molecule has 172 valence electrons. The van der Waals surface area contributed by atoms with Gasteiger partial charge in [-0.2, -0.15) is 0 Å². The lowest BCUT2D eigenvalue weighted by atomic mass is 10.1. The summed E-state index contributed by atoms with van der Waals surface area (Å²) >= 11 is 0. The number of carbonyl (C=O) groups is 1. The van der Waals surface area contributed by atoms with Crippen LogP contribution in [0, 0.1) is 20.8 Å². The standard InChI is InChI=1S/C25H26N2O5S/c1-16-5-9-19(10-6-16)33(29,30)27-15-24(32-23-12-8-18(3)14-21(23)27)25(28)26-20-13-17(2)7-11-22(20)31-4/h5-14,24H,15H2,1-4H3,(H,26,28)/t24-/m0/s1. The maximum atomic E-state index is 13.6. The van der Waals surface area contributed by atoms with Gasteiger partial charge in [-0.3, -0.25) is 9.10 Å². The van der Waals surface area contributed by atoms with Gasteiger partial charge in [-0.1, -0.05) is 29.8 Å². The van der Waals surface area contributed by atoms with Crippen molar-refractivity contribution in [3.8, 4) is 11.5 Å². The van der Waals surface area contributed by atoms with E-state index < -0.39 is 22.0 Å². The summed E-state index contributed by atoms with van der Waals surface area (Å²) in [5.74, 6) is 0.373. The van der Waals surface area contributed by atoms with Gasteiger partial charge in [0, 0.05) is 0 Å². The molecule has 0 radical (unpaired) electrons. The Morgan fingerprint density at radius 1 is 0.970 bits per heavy atom. The molecule has 4 rings (SSSR count). The monoisotopic (exact) mass is 466 g/mol. The number of carbonyl (C=O) groups excluding carboxylic acids is 1. The number of amides is 1. The first kappa shape index (κ1) is 22.7. The summed E-state index contributed by atoms with van der Waals surface area (Å²) in [7, 11) is -2.40. The first-order valence-corrected chi connectivity index (χ1v) is 12.0. The molecule has 7 nitrogen and oxygen atoms in total. The van der Waals surface area contributed by atoms with Gasteiger partial charge in [-0.15, -0.1) is 0 Å². The van der Waals surface area contributed by atoms with Crippen molar-refractivity contribution in [2.45, 2.75) is 31.8 Å². The van der Waals surface area contributed by atoms with Crippen molar-refractivity contribution in [1.29, 1.82) is 0 Å². The summed E-state index contributed by atoms with van der Waals surface area (Å²) in [4.78, 5) is 13.3. The lowest BCUT2D eigenvalue weighted by Gasteiger charge is -2.35. The van der Waals surface area contributed by atoms with Gasteiger partial charge in [0.2, 0.25) is 0 Å². The van der Waals surface area contributed by atoms with Crippen molar-refractivity contribution >= 4 is 27.3 Å². The van der Waals surface area contributed by atoms with Crippen LogP contribution in [0.5, 0.6) is 11.5 Å². The average molecular weight is 467 g/mol. The number of ether oxygens (including phenoxy) is 2. The number of anilines is 2. The SMILES string of the molecule is COc1ccc(C)cc1NC(=O)[C@@H]1CN(S(=O)(=O)c2ccc(C)cc2)c2cc(C)ccc2O1. The van der Waals surface area contributed by atoms with Crippen LogP contribution < -0.4 is 19.1 Å². The van der Waals surface area contributed by atoms with Crippen molar-refractivity contribution < 1.29 is 22.7 Å². The predicted molar refractivity (Wildman–Crippen MR) is 128 cm³/mol. The van der Waals surface area contributed by atoms with Crippen LogP contribution >= 0.6 is 0 Å². The molecule has 1 atom stereocenters. The van der Waals surface area contributed by atoms with Gasteiger partial charge in [0.1, 0.15) is 11.5 Å². The summed E-state index contributed by atoms with van der Waals surface area (Å²) in [6.07, 6.45) is -1.05. The minimum atomic E-state index is -3.92. The number of fused-ring (bicyclic) bond motifs is 1. The minimum Gasteiger partial charge on any atom is -0.495 e. The molecule has 3 aromatic carbocycles. The Kier molecular flexibility index (Phi) is 6.03.